The zero-order valence-electron chi connectivity index (χ0n) is 9.21. The summed E-state index contributed by atoms with van der Waals surface area (Å²) >= 11 is 4.93. The molecule has 0 atom stereocenters. The van der Waals surface area contributed by atoms with Gasteiger partial charge in [-0.05, 0) is 13.0 Å². The third-order valence-electron chi connectivity index (χ3n) is 2.37. The summed E-state index contributed by atoms with van der Waals surface area (Å²) in [7, 11) is 1.92. The van der Waals surface area contributed by atoms with Gasteiger partial charge in [-0.25, -0.2) is 4.98 Å². The van der Waals surface area contributed by atoms with Crippen LogP contribution in [0.1, 0.15) is 17.2 Å². The van der Waals surface area contributed by atoms with Crippen LogP contribution >= 0.6 is 12.2 Å². The van der Waals surface area contributed by atoms with Crippen LogP contribution in [0.25, 0.3) is 0 Å². The molecule has 0 saturated carbocycles. The van der Waals surface area contributed by atoms with Gasteiger partial charge in [0.25, 0.3) is 0 Å². The van der Waals surface area contributed by atoms with E-state index in [0.717, 1.165) is 11.4 Å². The molecule has 2 heterocycles. The molecule has 84 valence electrons. The van der Waals surface area contributed by atoms with Gasteiger partial charge in [-0.3, -0.25) is 4.68 Å². The topological polar surface area (TPSA) is 61.7 Å². The van der Waals surface area contributed by atoms with Gasteiger partial charge < -0.3 is 10.3 Å². The first-order valence-electron chi connectivity index (χ1n) is 4.88. The summed E-state index contributed by atoms with van der Waals surface area (Å²) in [4.78, 5) is 4.42. The van der Waals surface area contributed by atoms with Crippen molar-refractivity contribution in [3.05, 3.63) is 35.7 Å². The highest BCUT2D eigenvalue weighted by atomic mass is 32.1. The normalized spacial score (nSPS) is 10.6. The largest absolute Gasteiger partial charge is 0.387 e. The highest BCUT2D eigenvalue weighted by molar-refractivity contribution is 7.80. The van der Waals surface area contributed by atoms with E-state index in [1.807, 2.05) is 35.5 Å². The molecule has 2 aromatic rings. The predicted molar refractivity (Wildman–Crippen MR) is 65.2 cm³/mol. The summed E-state index contributed by atoms with van der Waals surface area (Å²) < 4.78 is 3.76. The number of nitrogens with two attached hydrogens (primary N) is 1. The molecule has 0 aliphatic heterocycles. The molecule has 0 unspecified atom stereocenters. The monoisotopic (exact) mass is 235 g/mol. The Morgan fingerprint density at radius 1 is 1.56 bits per heavy atom. The van der Waals surface area contributed by atoms with Gasteiger partial charge in [-0.2, -0.15) is 5.10 Å². The van der Waals surface area contributed by atoms with E-state index in [0.29, 0.717) is 17.4 Å². The van der Waals surface area contributed by atoms with E-state index < -0.39 is 0 Å². The summed E-state index contributed by atoms with van der Waals surface area (Å²) in [5.74, 6) is 0.633. The van der Waals surface area contributed by atoms with Crippen molar-refractivity contribution in [2.75, 3.05) is 0 Å². The minimum Gasteiger partial charge on any atom is -0.387 e. The Bertz CT molecular complexity index is 525. The lowest BCUT2D eigenvalue weighted by atomic mass is 10.3. The Morgan fingerprint density at radius 3 is 2.88 bits per heavy atom. The smallest absolute Gasteiger partial charge is 0.167 e. The van der Waals surface area contributed by atoms with E-state index >= 15 is 0 Å². The first-order chi connectivity index (χ1) is 7.58. The van der Waals surface area contributed by atoms with Crippen molar-refractivity contribution in [1.82, 2.24) is 19.3 Å². The van der Waals surface area contributed by atoms with E-state index in [9.17, 15) is 0 Å². The molecule has 16 heavy (non-hydrogen) atoms. The molecule has 2 N–H and O–H groups in total. The zero-order chi connectivity index (χ0) is 11.7. The molecule has 0 spiro atoms. The van der Waals surface area contributed by atoms with Crippen molar-refractivity contribution in [3.63, 3.8) is 0 Å². The molecule has 0 saturated heterocycles. The molecule has 0 aliphatic carbocycles. The SMILES string of the molecule is Cc1cc(Cn2ccnc2C(N)=S)n(C)n1. The standard InChI is InChI=1S/C10H13N5S/c1-7-5-8(14(2)13-7)6-15-4-3-12-10(15)9(11)16/h3-5H,6H2,1-2H3,(H2,11,16). The van der Waals surface area contributed by atoms with Crippen LogP contribution in [0.5, 0.6) is 0 Å². The van der Waals surface area contributed by atoms with Crippen LogP contribution in [0.4, 0.5) is 0 Å². The first kappa shape index (κ1) is 10.8. The van der Waals surface area contributed by atoms with Gasteiger partial charge in [-0.1, -0.05) is 12.2 Å². The second-order valence-corrected chi connectivity index (χ2v) is 4.08. The third kappa shape index (κ3) is 1.96. The van der Waals surface area contributed by atoms with Crippen molar-refractivity contribution in [2.24, 2.45) is 12.8 Å². The van der Waals surface area contributed by atoms with Crippen molar-refractivity contribution >= 4 is 17.2 Å². The van der Waals surface area contributed by atoms with E-state index in [4.69, 9.17) is 18.0 Å². The number of hydrogen-bond acceptors (Lipinski definition) is 3. The Morgan fingerprint density at radius 2 is 2.31 bits per heavy atom. The van der Waals surface area contributed by atoms with Crippen LogP contribution in [0.2, 0.25) is 0 Å². The fourth-order valence-electron chi connectivity index (χ4n) is 1.65. The number of nitrogens with zero attached hydrogens (tertiary/aromatic N) is 4. The Hall–Kier alpha value is -1.69. The summed E-state index contributed by atoms with van der Waals surface area (Å²) in [5, 5.41) is 4.28. The van der Waals surface area contributed by atoms with E-state index in [2.05, 4.69) is 10.1 Å². The summed E-state index contributed by atoms with van der Waals surface area (Å²) in [6.07, 6.45) is 3.55. The van der Waals surface area contributed by atoms with E-state index in [-0.39, 0.29) is 0 Å². The number of aromatic nitrogens is 4. The van der Waals surface area contributed by atoms with E-state index in [1.165, 1.54) is 0 Å². The maximum absolute atomic E-state index is 5.58. The average molecular weight is 235 g/mol. The zero-order valence-corrected chi connectivity index (χ0v) is 10.0. The second kappa shape index (κ2) is 4.05. The van der Waals surface area contributed by atoms with Gasteiger partial charge in [0, 0.05) is 19.4 Å². The van der Waals surface area contributed by atoms with Crippen LogP contribution in [0.3, 0.4) is 0 Å². The molecule has 2 rings (SSSR count). The average Bonchev–Trinajstić information content (AvgIpc) is 2.75. The molecule has 0 bridgehead atoms. The number of imidazole rings is 1. The van der Waals surface area contributed by atoms with Crippen molar-refractivity contribution in [3.8, 4) is 0 Å². The number of hydrogen-bond donors (Lipinski definition) is 1. The van der Waals surface area contributed by atoms with Crippen LogP contribution in [-0.2, 0) is 13.6 Å². The molecule has 0 amide bonds. The molecule has 6 heteroatoms. The van der Waals surface area contributed by atoms with Gasteiger partial charge >= 0.3 is 0 Å². The van der Waals surface area contributed by atoms with Crippen LogP contribution in [-0.4, -0.2) is 24.3 Å². The highest BCUT2D eigenvalue weighted by Gasteiger charge is 2.08. The summed E-state index contributed by atoms with van der Waals surface area (Å²) in [5.41, 5.74) is 7.67. The molecule has 0 aliphatic rings. The van der Waals surface area contributed by atoms with Gasteiger partial charge in [-0.15, -0.1) is 0 Å². The quantitative estimate of drug-likeness (QED) is 0.792. The maximum Gasteiger partial charge on any atom is 0.167 e. The fraction of sp³-hybridized carbons (Fsp3) is 0.300. The maximum atomic E-state index is 5.58. The van der Waals surface area contributed by atoms with Crippen LogP contribution < -0.4 is 5.73 Å². The van der Waals surface area contributed by atoms with Crippen molar-refractivity contribution < 1.29 is 0 Å². The van der Waals surface area contributed by atoms with Crippen LogP contribution in [0.15, 0.2) is 18.5 Å². The van der Waals surface area contributed by atoms with Crippen molar-refractivity contribution in [2.45, 2.75) is 13.5 Å². The highest BCUT2D eigenvalue weighted by Crippen LogP contribution is 2.06. The Balaban J connectivity index is 2.30. The molecular weight excluding hydrogens is 222 g/mol. The van der Waals surface area contributed by atoms with Gasteiger partial charge in [0.2, 0.25) is 0 Å². The van der Waals surface area contributed by atoms with Gasteiger partial charge in [0.05, 0.1) is 17.9 Å². The molecule has 0 fully saturated rings. The number of aryl methyl sites for hydroxylation is 2. The Kier molecular flexibility index (Phi) is 2.74. The van der Waals surface area contributed by atoms with Crippen LogP contribution in [0, 0.1) is 6.92 Å². The lowest BCUT2D eigenvalue weighted by Gasteiger charge is -2.06. The molecule has 5 nitrogen and oxygen atoms in total. The number of thiocarbonyl (C=S) groups is 1. The lowest BCUT2D eigenvalue weighted by molar-refractivity contribution is 0.660. The van der Waals surface area contributed by atoms with E-state index in [1.54, 1.807) is 6.20 Å². The third-order valence-corrected chi connectivity index (χ3v) is 2.55. The first-order valence-corrected chi connectivity index (χ1v) is 5.29. The number of rotatable bonds is 3. The molecular formula is C10H13N5S. The summed E-state index contributed by atoms with van der Waals surface area (Å²) in [6, 6.07) is 2.03. The minimum absolute atomic E-state index is 0.309. The fourth-order valence-corrected chi connectivity index (χ4v) is 1.82. The molecule has 0 radical (unpaired) electrons. The minimum atomic E-state index is 0.309. The molecule has 2 aromatic heterocycles. The van der Waals surface area contributed by atoms with Gasteiger partial charge in [0.15, 0.2) is 5.82 Å². The second-order valence-electron chi connectivity index (χ2n) is 3.64. The van der Waals surface area contributed by atoms with Crippen molar-refractivity contribution in [1.29, 1.82) is 0 Å². The molecule has 0 aromatic carbocycles. The summed E-state index contributed by atoms with van der Waals surface area (Å²) in [6.45, 7) is 2.63. The Labute approximate surface area is 98.9 Å². The van der Waals surface area contributed by atoms with Gasteiger partial charge in [0.1, 0.15) is 4.99 Å². The lowest BCUT2D eigenvalue weighted by Crippen LogP contribution is -2.18. The predicted octanol–water partition coefficient (Wildman–Crippen LogP) is 0.608.